The maximum Gasteiger partial charge on any atom is 0.303 e. The smallest absolute Gasteiger partial charge is 0.303 e. The molecular formula is C22H31N3O15. The number of esters is 5. The van der Waals surface area contributed by atoms with Crippen LogP contribution >= 0.6 is 0 Å². The van der Waals surface area contributed by atoms with Crippen LogP contribution in [0.5, 0.6) is 0 Å². The first-order chi connectivity index (χ1) is 18.8. The number of carbonyl (C=O) groups is 5. The van der Waals surface area contributed by atoms with Crippen LogP contribution in [-0.4, -0.2) is 115 Å². The normalized spacial score (nSPS) is 33.5. The molecule has 18 heteroatoms. The molecule has 40 heavy (non-hydrogen) atoms. The number of azide groups is 1. The predicted octanol–water partition coefficient (Wildman–Crippen LogP) is -1.23. The van der Waals surface area contributed by atoms with E-state index in [0.717, 1.165) is 34.6 Å². The zero-order valence-corrected chi connectivity index (χ0v) is 22.2. The van der Waals surface area contributed by atoms with Crippen LogP contribution in [0.3, 0.4) is 0 Å². The quantitative estimate of drug-likeness (QED) is 0.101. The van der Waals surface area contributed by atoms with Gasteiger partial charge in [0.1, 0.15) is 31.0 Å². The molecule has 0 aromatic carbocycles. The molecular weight excluding hydrogens is 546 g/mol. The van der Waals surface area contributed by atoms with E-state index in [1.54, 1.807) is 0 Å². The Bertz CT molecular complexity index is 1000. The highest BCUT2D eigenvalue weighted by Crippen LogP contribution is 2.34. The molecule has 2 saturated heterocycles. The number of nitrogens with zero attached hydrogens (tertiary/aromatic N) is 3. The molecule has 18 nitrogen and oxygen atoms in total. The topological polar surface area (TPSA) is 248 Å². The second kappa shape index (κ2) is 14.7. The molecule has 10 atom stereocenters. The highest BCUT2D eigenvalue weighted by atomic mass is 16.7. The molecule has 0 bridgehead atoms. The van der Waals surface area contributed by atoms with E-state index < -0.39 is 104 Å². The van der Waals surface area contributed by atoms with E-state index in [2.05, 4.69) is 10.0 Å². The van der Waals surface area contributed by atoms with Gasteiger partial charge in [-0.15, -0.1) is 0 Å². The number of hydrogen-bond donors (Lipinski definition) is 2. The minimum Gasteiger partial charge on any atom is -0.463 e. The summed E-state index contributed by atoms with van der Waals surface area (Å²) < 4.78 is 43.3. The first-order valence-corrected chi connectivity index (χ1v) is 11.9. The lowest BCUT2D eigenvalue weighted by molar-refractivity contribution is -0.344. The number of ether oxygens (including phenoxy) is 8. The zero-order chi connectivity index (χ0) is 30.1. The monoisotopic (exact) mass is 577 g/mol. The minimum atomic E-state index is -1.74. The third-order valence-corrected chi connectivity index (χ3v) is 5.52. The van der Waals surface area contributed by atoms with Crippen molar-refractivity contribution < 1.29 is 72.1 Å². The number of carbonyl (C=O) groups excluding carboxylic acids is 5. The summed E-state index contributed by atoms with van der Waals surface area (Å²) >= 11 is 0. The molecule has 0 unspecified atom stereocenters. The predicted molar refractivity (Wildman–Crippen MR) is 123 cm³/mol. The summed E-state index contributed by atoms with van der Waals surface area (Å²) in [6.45, 7) is 3.82. The van der Waals surface area contributed by atoms with E-state index in [0.29, 0.717) is 0 Å². The van der Waals surface area contributed by atoms with Crippen LogP contribution in [0.15, 0.2) is 5.11 Å². The van der Waals surface area contributed by atoms with Crippen LogP contribution in [0.1, 0.15) is 34.6 Å². The molecule has 2 fully saturated rings. The summed E-state index contributed by atoms with van der Waals surface area (Å²) in [5.41, 5.74) is 9.03. The highest BCUT2D eigenvalue weighted by Gasteiger charge is 2.56. The molecule has 0 radical (unpaired) electrons. The van der Waals surface area contributed by atoms with Crippen LogP contribution in [0.25, 0.3) is 10.4 Å². The summed E-state index contributed by atoms with van der Waals surface area (Å²) in [5.74, 6) is -4.31. The van der Waals surface area contributed by atoms with Gasteiger partial charge in [-0.2, -0.15) is 0 Å². The molecule has 2 aliphatic heterocycles. The molecule has 2 N–H and O–H groups in total. The lowest BCUT2D eigenvalue weighted by atomic mass is 9.96. The summed E-state index contributed by atoms with van der Waals surface area (Å²) in [4.78, 5) is 61.8. The Morgan fingerprint density at radius 2 is 1.27 bits per heavy atom. The minimum absolute atomic E-state index is 0.563. The lowest BCUT2D eigenvalue weighted by Crippen LogP contribution is -2.66. The van der Waals surface area contributed by atoms with Crippen LogP contribution in [0, 0.1) is 0 Å². The number of rotatable bonds is 10. The zero-order valence-electron chi connectivity index (χ0n) is 22.2. The van der Waals surface area contributed by atoms with Gasteiger partial charge in [0, 0.05) is 39.5 Å². The van der Waals surface area contributed by atoms with Crippen LogP contribution in [-0.2, 0) is 61.9 Å². The number of aliphatic hydroxyl groups excluding tert-OH is 2. The van der Waals surface area contributed by atoms with Gasteiger partial charge in [0.2, 0.25) is 0 Å². The third kappa shape index (κ3) is 8.73. The number of hydrogen-bond acceptors (Lipinski definition) is 16. The molecule has 0 amide bonds. The molecule has 0 aliphatic carbocycles. The average Bonchev–Trinajstić information content (AvgIpc) is 2.84. The Balaban J connectivity index is 2.61. The van der Waals surface area contributed by atoms with E-state index in [9.17, 15) is 34.2 Å². The van der Waals surface area contributed by atoms with Crippen molar-refractivity contribution >= 4 is 29.8 Å². The van der Waals surface area contributed by atoms with Gasteiger partial charge in [0.25, 0.3) is 0 Å². The first-order valence-electron chi connectivity index (χ1n) is 11.9. The highest BCUT2D eigenvalue weighted by molar-refractivity contribution is 5.68. The van der Waals surface area contributed by atoms with Crippen molar-refractivity contribution in [1.29, 1.82) is 0 Å². The Morgan fingerprint density at radius 1 is 0.750 bits per heavy atom. The SMILES string of the molecule is CC(=O)OC[C@H]1O[C@@H](N=[N+]=[N-])[C@H](OC(C)=O)[C@@H](OC(C)=O)[C@@H]1O[C@@H]1O[C@H](CO)[C@H](O)[C@H](OC(C)=O)[C@H]1OC(C)=O. The van der Waals surface area contributed by atoms with Crippen molar-refractivity contribution in [2.24, 2.45) is 5.11 Å². The summed E-state index contributed by atoms with van der Waals surface area (Å²) in [7, 11) is 0. The maximum atomic E-state index is 12.1. The number of aliphatic hydroxyl groups is 2. The molecule has 0 aromatic rings. The van der Waals surface area contributed by atoms with Crippen molar-refractivity contribution in [1.82, 2.24) is 0 Å². The van der Waals surface area contributed by atoms with Gasteiger partial charge >= 0.3 is 29.8 Å². The molecule has 0 saturated carbocycles. The van der Waals surface area contributed by atoms with E-state index in [-0.39, 0.29) is 0 Å². The fourth-order valence-electron chi connectivity index (χ4n) is 4.13. The standard InChI is InChI=1S/C22H31N3O15/c1-8(27)33-7-14-16(18(35-10(3)29)19(36-11(4)30)21(38-14)24-25-23)40-22-20(37-12(5)31)17(34-9(2)28)15(32)13(6-26)39-22/h13-22,26,32H,6-7H2,1-5H3/t13-,14-,15+,16-,17+,18+,19-,20-,21-,22+/m1/s1. The summed E-state index contributed by atoms with van der Waals surface area (Å²) in [6, 6.07) is 0. The van der Waals surface area contributed by atoms with Gasteiger partial charge in [-0.1, -0.05) is 5.11 Å². The molecule has 2 heterocycles. The van der Waals surface area contributed by atoms with E-state index in [1.807, 2.05) is 0 Å². The first kappa shape index (κ1) is 32.7. The molecule has 2 rings (SSSR count). The molecule has 224 valence electrons. The molecule has 2 aliphatic rings. The fraction of sp³-hybridized carbons (Fsp3) is 0.773. The Hall–Kier alpha value is -3.54. The van der Waals surface area contributed by atoms with E-state index >= 15 is 0 Å². The van der Waals surface area contributed by atoms with Gasteiger partial charge in [-0.05, 0) is 5.53 Å². The van der Waals surface area contributed by atoms with Gasteiger partial charge in [0.05, 0.1) is 6.61 Å². The van der Waals surface area contributed by atoms with E-state index in [1.165, 1.54) is 0 Å². The molecule has 0 spiro atoms. The van der Waals surface area contributed by atoms with Gasteiger partial charge in [-0.25, -0.2) is 0 Å². The summed E-state index contributed by atoms with van der Waals surface area (Å²) in [5, 5.41) is 23.8. The van der Waals surface area contributed by atoms with Crippen LogP contribution in [0.2, 0.25) is 0 Å². The molecule has 0 aromatic heterocycles. The van der Waals surface area contributed by atoms with Crippen LogP contribution in [0.4, 0.5) is 0 Å². The fourth-order valence-corrected chi connectivity index (χ4v) is 4.13. The second-order valence-corrected chi connectivity index (χ2v) is 8.69. The van der Waals surface area contributed by atoms with Crippen molar-refractivity contribution in [3.63, 3.8) is 0 Å². The Kier molecular flexibility index (Phi) is 12.0. The maximum absolute atomic E-state index is 12.1. The van der Waals surface area contributed by atoms with Crippen molar-refractivity contribution in [2.75, 3.05) is 13.2 Å². The Morgan fingerprint density at radius 3 is 1.77 bits per heavy atom. The van der Waals surface area contributed by atoms with Gasteiger partial charge in [-0.3, -0.25) is 24.0 Å². The average molecular weight is 577 g/mol. The second-order valence-electron chi connectivity index (χ2n) is 8.69. The third-order valence-electron chi connectivity index (χ3n) is 5.52. The van der Waals surface area contributed by atoms with Crippen molar-refractivity contribution in [2.45, 2.75) is 96.0 Å². The lowest BCUT2D eigenvalue weighted by Gasteiger charge is -2.47. The van der Waals surface area contributed by atoms with Gasteiger partial charge in [0.15, 0.2) is 36.9 Å². The van der Waals surface area contributed by atoms with Crippen molar-refractivity contribution in [3.8, 4) is 0 Å². The largest absolute Gasteiger partial charge is 0.463 e. The Labute approximate surface area is 227 Å². The van der Waals surface area contributed by atoms with Crippen LogP contribution < -0.4 is 0 Å². The van der Waals surface area contributed by atoms with E-state index in [4.69, 9.17) is 43.4 Å². The van der Waals surface area contributed by atoms with Gasteiger partial charge < -0.3 is 48.1 Å². The van der Waals surface area contributed by atoms with Crippen molar-refractivity contribution in [3.05, 3.63) is 10.4 Å². The summed E-state index contributed by atoms with van der Waals surface area (Å²) in [6.07, 6.45) is -15.8.